The number of hydrogen-bond donors (Lipinski definition) is 0. The van der Waals surface area contributed by atoms with Gasteiger partial charge in [0, 0.05) is 35.1 Å². The van der Waals surface area contributed by atoms with Crippen molar-refractivity contribution in [1.29, 1.82) is 0 Å². The Kier molecular flexibility index (Phi) is 12.3. The molecule has 0 aliphatic carbocycles. The number of ether oxygens (including phenoxy) is 4. The Morgan fingerprint density at radius 2 is 1.07 bits per heavy atom. The highest BCUT2D eigenvalue weighted by Gasteiger charge is 2.40. The van der Waals surface area contributed by atoms with Crippen LogP contribution in [0.4, 0.5) is 0 Å². The first kappa shape index (κ1) is 41.9. The van der Waals surface area contributed by atoms with E-state index in [1.807, 2.05) is 63.2 Å². The van der Waals surface area contributed by atoms with Gasteiger partial charge in [0.2, 0.25) is 0 Å². The Bertz CT molecular complexity index is 2180. The lowest BCUT2D eigenvalue weighted by molar-refractivity contribution is -0.141. The Balaban J connectivity index is 0.000000214. The van der Waals surface area contributed by atoms with Gasteiger partial charge in [-0.1, -0.05) is 102 Å². The second kappa shape index (κ2) is 16.5. The van der Waals surface area contributed by atoms with E-state index in [0.29, 0.717) is 37.2 Å². The third-order valence-corrected chi connectivity index (χ3v) is 11.0. The fraction of sp³-hybridized carbons (Fsp3) is 0.417. The van der Waals surface area contributed by atoms with Gasteiger partial charge in [-0.3, -0.25) is 19.2 Å². The van der Waals surface area contributed by atoms with Crippen LogP contribution in [0.1, 0.15) is 133 Å². The Labute approximate surface area is 331 Å². The zero-order valence-electron chi connectivity index (χ0n) is 35.0. The van der Waals surface area contributed by atoms with Gasteiger partial charge >= 0.3 is 23.9 Å². The second-order valence-electron chi connectivity index (χ2n) is 17.1. The van der Waals surface area contributed by atoms with Crippen molar-refractivity contribution in [3.05, 3.63) is 127 Å². The first-order valence-corrected chi connectivity index (χ1v) is 19.3. The van der Waals surface area contributed by atoms with Crippen molar-refractivity contribution in [2.45, 2.75) is 118 Å². The molecule has 296 valence electrons. The van der Waals surface area contributed by atoms with Gasteiger partial charge < -0.3 is 18.9 Å². The number of rotatable bonds is 8. The number of carbonyl (C=O) groups is 4. The van der Waals surface area contributed by atoms with Crippen LogP contribution < -0.4 is 9.47 Å². The maximum Gasteiger partial charge on any atom is 0.323 e. The van der Waals surface area contributed by atoms with Gasteiger partial charge in [0.15, 0.2) is 0 Å². The van der Waals surface area contributed by atoms with Crippen molar-refractivity contribution in [1.82, 2.24) is 0 Å². The van der Waals surface area contributed by atoms with Gasteiger partial charge in [0.1, 0.15) is 23.3 Å². The topological polar surface area (TPSA) is 105 Å². The van der Waals surface area contributed by atoms with Crippen molar-refractivity contribution in [3.63, 3.8) is 0 Å². The number of hydrogen-bond acceptors (Lipinski definition) is 8. The third-order valence-electron chi connectivity index (χ3n) is 11.0. The summed E-state index contributed by atoms with van der Waals surface area (Å²) in [6, 6.07) is 20.3. The molecule has 8 heteroatoms. The predicted molar refractivity (Wildman–Crippen MR) is 218 cm³/mol. The molecule has 2 aliphatic rings. The molecule has 0 bridgehead atoms. The number of esters is 4. The molecule has 6 rings (SSSR count). The lowest BCUT2D eigenvalue weighted by Gasteiger charge is -2.23. The lowest BCUT2D eigenvalue weighted by Crippen LogP contribution is -2.14. The molecule has 0 fully saturated rings. The summed E-state index contributed by atoms with van der Waals surface area (Å²) in [6.45, 7) is 20.8. The molecule has 0 radical (unpaired) electrons. The molecule has 4 aromatic carbocycles. The van der Waals surface area contributed by atoms with Gasteiger partial charge in [-0.05, 0) is 95.9 Å². The van der Waals surface area contributed by atoms with Crippen molar-refractivity contribution >= 4 is 23.9 Å². The summed E-state index contributed by atoms with van der Waals surface area (Å²) in [4.78, 5) is 49.0. The largest absolute Gasteiger partial charge is 0.469 e. The highest BCUT2D eigenvalue weighted by atomic mass is 16.5. The molecule has 2 aliphatic heterocycles. The maximum absolute atomic E-state index is 12.9. The van der Waals surface area contributed by atoms with E-state index in [1.54, 1.807) is 0 Å². The van der Waals surface area contributed by atoms with Crippen LogP contribution in [-0.4, -0.2) is 38.1 Å². The molecule has 0 N–H and O–H groups in total. The van der Waals surface area contributed by atoms with Crippen molar-refractivity contribution < 1.29 is 38.1 Å². The number of carbonyl (C=O) groups excluding carboxylic acids is 4. The van der Waals surface area contributed by atoms with E-state index in [0.717, 1.165) is 61.2 Å². The summed E-state index contributed by atoms with van der Waals surface area (Å²) >= 11 is 0. The predicted octanol–water partition coefficient (Wildman–Crippen LogP) is 9.51. The standard InChI is InChI=1S/2C24H28O4/c1-14-7-9-17(11-15(14)2)21-18-12-16(8-10-20(25)27-6)13-19(24(3,4)5)22(18)28-23(21)26;1-14-8-7-9-17(15(14)2)21-18-12-16(10-11-20(25)27-6)13-19(24(3,4)5)22(18)28-23(21)26/h7,9,11-13,21H,8,10H2,1-6H3;7-9,12-13,21H,10-11H2,1-6H3. The zero-order valence-corrected chi connectivity index (χ0v) is 35.0. The van der Waals surface area contributed by atoms with Gasteiger partial charge in [-0.25, -0.2) is 0 Å². The fourth-order valence-corrected chi connectivity index (χ4v) is 7.40. The Hall–Kier alpha value is -5.24. The number of fused-ring (bicyclic) bond motifs is 2. The van der Waals surface area contributed by atoms with Crippen LogP contribution in [0, 0.1) is 27.7 Å². The zero-order chi connectivity index (χ0) is 41.3. The molecule has 0 aromatic heterocycles. The van der Waals surface area contributed by atoms with Crippen LogP contribution in [0.15, 0.2) is 60.7 Å². The number of aryl methyl sites for hydroxylation is 5. The van der Waals surface area contributed by atoms with Crippen LogP contribution in [0.3, 0.4) is 0 Å². The fourth-order valence-electron chi connectivity index (χ4n) is 7.40. The van der Waals surface area contributed by atoms with Crippen LogP contribution in [0.25, 0.3) is 0 Å². The lowest BCUT2D eigenvalue weighted by atomic mass is 9.80. The first-order chi connectivity index (χ1) is 26.2. The molecule has 2 heterocycles. The first-order valence-electron chi connectivity index (χ1n) is 19.3. The summed E-state index contributed by atoms with van der Waals surface area (Å²) in [6.07, 6.45) is 1.75. The maximum atomic E-state index is 12.9. The summed E-state index contributed by atoms with van der Waals surface area (Å²) < 4.78 is 21.1. The quantitative estimate of drug-likeness (QED) is 0.129. The van der Waals surface area contributed by atoms with Gasteiger partial charge in [-0.2, -0.15) is 0 Å². The number of benzene rings is 4. The second-order valence-corrected chi connectivity index (χ2v) is 17.1. The van der Waals surface area contributed by atoms with E-state index in [9.17, 15) is 19.2 Å². The van der Waals surface area contributed by atoms with Crippen molar-refractivity contribution in [3.8, 4) is 11.5 Å². The normalized spacial score (nSPS) is 15.9. The molecule has 0 saturated carbocycles. The molecule has 8 nitrogen and oxygen atoms in total. The van der Waals surface area contributed by atoms with Crippen LogP contribution in [0.2, 0.25) is 0 Å². The molecular weight excluding hydrogens is 705 g/mol. The molecule has 0 spiro atoms. The van der Waals surface area contributed by atoms with E-state index in [1.165, 1.54) is 19.8 Å². The third kappa shape index (κ3) is 8.90. The average molecular weight is 761 g/mol. The summed E-state index contributed by atoms with van der Waals surface area (Å²) in [7, 11) is 2.79. The SMILES string of the molecule is COC(=O)CCc1cc2c(c(C(C)(C)C)c1)OC(=O)C2c1ccc(C)c(C)c1.COC(=O)CCc1cc2c(c(C(C)(C)C)c1)OC(=O)C2c1cccc(C)c1C. The minimum absolute atomic E-state index is 0.191. The summed E-state index contributed by atoms with van der Waals surface area (Å²) in [5.41, 5.74) is 11.9. The molecule has 2 atom stereocenters. The number of methoxy groups -OCH3 is 2. The van der Waals surface area contributed by atoms with E-state index in [-0.39, 0.29) is 34.7 Å². The summed E-state index contributed by atoms with van der Waals surface area (Å²) in [5.74, 6) is -0.490. The highest BCUT2D eigenvalue weighted by Crippen LogP contribution is 2.48. The van der Waals surface area contributed by atoms with E-state index in [2.05, 4.69) is 66.7 Å². The molecular formula is C48H56O8. The van der Waals surface area contributed by atoms with E-state index >= 15 is 0 Å². The molecule has 4 aromatic rings. The molecule has 0 saturated heterocycles. The van der Waals surface area contributed by atoms with Crippen molar-refractivity contribution in [2.24, 2.45) is 0 Å². The van der Waals surface area contributed by atoms with Gasteiger partial charge in [0.25, 0.3) is 0 Å². The Morgan fingerprint density at radius 1 is 0.589 bits per heavy atom. The molecule has 2 unspecified atom stereocenters. The minimum Gasteiger partial charge on any atom is -0.469 e. The van der Waals surface area contributed by atoms with Crippen LogP contribution >= 0.6 is 0 Å². The smallest absolute Gasteiger partial charge is 0.323 e. The Morgan fingerprint density at radius 3 is 1.54 bits per heavy atom. The monoisotopic (exact) mass is 760 g/mol. The van der Waals surface area contributed by atoms with Gasteiger partial charge in [0.05, 0.1) is 14.2 Å². The van der Waals surface area contributed by atoms with E-state index < -0.39 is 11.8 Å². The molecule has 0 amide bonds. The minimum atomic E-state index is -0.437. The van der Waals surface area contributed by atoms with Crippen molar-refractivity contribution in [2.75, 3.05) is 14.2 Å². The highest BCUT2D eigenvalue weighted by molar-refractivity contribution is 5.91. The van der Waals surface area contributed by atoms with Crippen LogP contribution in [0.5, 0.6) is 11.5 Å². The van der Waals surface area contributed by atoms with E-state index in [4.69, 9.17) is 18.9 Å². The average Bonchev–Trinajstić information content (AvgIpc) is 3.65. The van der Waals surface area contributed by atoms with Gasteiger partial charge in [-0.15, -0.1) is 0 Å². The molecule has 56 heavy (non-hydrogen) atoms. The van der Waals surface area contributed by atoms with Crippen LogP contribution in [-0.2, 0) is 52.3 Å². The summed E-state index contributed by atoms with van der Waals surface area (Å²) in [5, 5.41) is 0.